The van der Waals surface area contributed by atoms with E-state index in [1.165, 1.54) is 43.3 Å². The Morgan fingerprint density at radius 2 is 1.68 bits per heavy atom. The summed E-state index contributed by atoms with van der Waals surface area (Å²) in [5.41, 5.74) is 1.07. The van der Waals surface area contributed by atoms with Crippen LogP contribution in [-0.2, 0) is 16.7 Å². The number of carbonyl (C=O) groups excluding carboxylic acids is 1. The van der Waals surface area contributed by atoms with Crippen LogP contribution in [0.4, 0.5) is 5.69 Å². The van der Waals surface area contributed by atoms with Gasteiger partial charge in [0.1, 0.15) is 5.75 Å². The number of benzene rings is 2. The molecular formula is C19H22N2O6S. The number of rotatable bonds is 8. The monoisotopic (exact) mass is 406 g/mol. The zero-order chi connectivity index (χ0) is 20.9. The number of non-ortho nitro benzene ring substituents is 1. The topological polar surface area (TPSA) is 107 Å². The van der Waals surface area contributed by atoms with Gasteiger partial charge in [0.2, 0.25) is 0 Å². The van der Waals surface area contributed by atoms with E-state index in [4.69, 9.17) is 4.18 Å². The van der Waals surface area contributed by atoms with E-state index in [1.54, 1.807) is 17.0 Å². The molecule has 0 atom stereocenters. The van der Waals surface area contributed by atoms with E-state index in [-0.39, 0.29) is 29.1 Å². The van der Waals surface area contributed by atoms with E-state index in [9.17, 15) is 23.3 Å². The molecular weight excluding hydrogens is 384 g/mol. The van der Waals surface area contributed by atoms with Gasteiger partial charge in [-0.1, -0.05) is 12.1 Å². The van der Waals surface area contributed by atoms with Gasteiger partial charge >= 0.3 is 10.1 Å². The third kappa shape index (κ3) is 5.53. The van der Waals surface area contributed by atoms with Crippen LogP contribution in [0, 0.1) is 10.1 Å². The van der Waals surface area contributed by atoms with Gasteiger partial charge in [0.15, 0.2) is 0 Å². The lowest BCUT2D eigenvalue weighted by molar-refractivity contribution is -0.384. The normalized spacial score (nSPS) is 11.3. The van der Waals surface area contributed by atoms with E-state index in [2.05, 4.69) is 0 Å². The quantitative estimate of drug-likeness (QED) is 0.378. The molecule has 0 bridgehead atoms. The number of carbonyl (C=O) groups is 1. The second-order valence-corrected chi connectivity index (χ2v) is 8.26. The fraction of sp³-hybridized carbons (Fsp3) is 0.316. The molecule has 8 nitrogen and oxygen atoms in total. The summed E-state index contributed by atoms with van der Waals surface area (Å²) < 4.78 is 28.0. The third-order valence-corrected chi connectivity index (χ3v) is 5.22. The Kier molecular flexibility index (Phi) is 6.74. The fourth-order valence-corrected chi connectivity index (χ4v) is 2.96. The first-order valence-electron chi connectivity index (χ1n) is 8.69. The van der Waals surface area contributed by atoms with E-state index >= 15 is 0 Å². The number of nitro benzene ring substituents is 1. The molecule has 150 valence electrons. The second-order valence-electron chi connectivity index (χ2n) is 6.40. The summed E-state index contributed by atoms with van der Waals surface area (Å²) in [5, 5.41) is 10.8. The smallest absolute Gasteiger partial charge is 0.308 e. The first-order valence-corrected chi connectivity index (χ1v) is 10.3. The summed E-state index contributed by atoms with van der Waals surface area (Å²) in [6, 6.07) is 11.8. The van der Waals surface area contributed by atoms with Crippen LogP contribution >= 0.6 is 0 Å². The van der Waals surface area contributed by atoms with Crippen LogP contribution in [-0.4, -0.2) is 35.9 Å². The van der Waals surface area contributed by atoms with Crippen molar-refractivity contribution in [3.8, 4) is 5.75 Å². The third-order valence-electron chi connectivity index (χ3n) is 4.06. The predicted octanol–water partition coefficient (Wildman–Crippen LogP) is 3.37. The van der Waals surface area contributed by atoms with Crippen molar-refractivity contribution in [2.24, 2.45) is 0 Å². The fourth-order valence-electron chi connectivity index (χ4n) is 2.43. The van der Waals surface area contributed by atoms with E-state index < -0.39 is 15.0 Å². The lowest BCUT2D eigenvalue weighted by atomic mass is 10.1. The summed E-state index contributed by atoms with van der Waals surface area (Å²) in [6.45, 7) is 5.53. The molecule has 28 heavy (non-hydrogen) atoms. The maximum absolute atomic E-state index is 12.8. The number of hydrogen-bond acceptors (Lipinski definition) is 6. The SMILES string of the molecule is CCS(=O)(=O)Oc1ccc(CN(C(=O)c2ccc([N+](=O)[O-])cc2)C(C)C)cc1. The second kappa shape index (κ2) is 8.83. The molecule has 0 radical (unpaired) electrons. The van der Waals surface area contributed by atoms with Crippen molar-refractivity contribution in [2.45, 2.75) is 33.4 Å². The Hall–Kier alpha value is -2.94. The molecule has 0 fully saturated rings. The molecule has 0 aliphatic heterocycles. The molecule has 0 N–H and O–H groups in total. The molecule has 0 heterocycles. The van der Waals surface area contributed by atoms with Crippen molar-refractivity contribution in [2.75, 3.05) is 5.75 Å². The minimum atomic E-state index is -3.59. The Bertz CT molecular complexity index is 937. The molecule has 0 saturated heterocycles. The van der Waals surface area contributed by atoms with Crippen LogP contribution in [0.3, 0.4) is 0 Å². The first-order chi connectivity index (χ1) is 13.1. The highest BCUT2D eigenvalue weighted by Crippen LogP contribution is 2.19. The summed E-state index contributed by atoms with van der Waals surface area (Å²) >= 11 is 0. The van der Waals surface area contributed by atoms with Gasteiger partial charge in [0, 0.05) is 30.3 Å². The van der Waals surface area contributed by atoms with Crippen LogP contribution in [0.1, 0.15) is 36.7 Å². The Labute approximate surface area is 164 Å². The highest BCUT2D eigenvalue weighted by molar-refractivity contribution is 7.87. The lowest BCUT2D eigenvalue weighted by Gasteiger charge is -2.27. The Morgan fingerprint density at radius 1 is 1.11 bits per heavy atom. The molecule has 0 aliphatic rings. The van der Waals surface area contributed by atoms with Crippen LogP contribution in [0.5, 0.6) is 5.75 Å². The lowest BCUT2D eigenvalue weighted by Crippen LogP contribution is -2.36. The summed E-state index contributed by atoms with van der Waals surface area (Å²) in [5.74, 6) is -0.165. The molecule has 0 saturated carbocycles. The highest BCUT2D eigenvalue weighted by atomic mass is 32.2. The number of nitrogens with zero attached hydrogens (tertiary/aromatic N) is 2. The standard InChI is InChI=1S/C19H22N2O6S/c1-4-28(25,26)27-18-11-5-15(6-12-18)13-20(14(2)3)19(22)16-7-9-17(10-8-16)21(23)24/h5-12,14H,4,13H2,1-3H3. The molecule has 1 amide bonds. The number of nitro groups is 1. The number of hydrogen-bond donors (Lipinski definition) is 0. The molecule has 0 aliphatic carbocycles. The van der Waals surface area contributed by atoms with Crippen LogP contribution in [0.2, 0.25) is 0 Å². The van der Waals surface area contributed by atoms with E-state index in [0.29, 0.717) is 12.1 Å². The largest absolute Gasteiger partial charge is 0.382 e. The van der Waals surface area contributed by atoms with Crippen LogP contribution < -0.4 is 4.18 Å². The zero-order valence-corrected chi connectivity index (χ0v) is 16.7. The van der Waals surface area contributed by atoms with Gasteiger partial charge in [0.25, 0.3) is 11.6 Å². The molecule has 2 rings (SSSR count). The molecule has 0 unspecified atom stereocenters. The molecule has 0 aromatic heterocycles. The minimum absolute atomic E-state index is 0.0785. The maximum atomic E-state index is 12.8. The maximum Gasteiger partial charge on any atom is 0.308 e. The molecule has 2 aromatic rings. The van der Waals surface area contributed by atoms with Crippen LogP contribution in [0.25, 0.3) is 0 Å². The van der Waals surface area contributed by atoms with Gasteiger partial charge in [0.05, 0.1) is 10.7 Å². The summed E-state index contributed by atoms with van der Waals surface area (Å²) in [6.07, 6.45) is 0. The minimum Gasteiger partial charge on any atom is -0.382 e. The van der Waals surface area contributed by atoms with Gasteiger partial charge in [-0.15, -0.1) is 0 Å². The van der Waals surface area contributed by atoms with E-state index in [1.807, 2.05) is 13.8 Å². The van der Waals surface area contributed by atoms with Crippen molar-refractivity contribution in [3.05, 3.63) is 69.8 Å². The van der Waals surface area contributed by atoms with Gasteiger partial charge < -0.3 is 9.08 Å². The highest BCUT2D eigenvalue weighted by Gasteiger charge is 2.20. The zero-order valence-electron chi connectivity index (χ0n) is 15.9. The van der Waals surface area contributed by atoms with Crippen molar-refractivity contribution in [3.63, 3.8) is 0 Å². The summed E-state index contributed by atoms with van der Waals surface area (Å²) in [7, 11) is -3.59. The molecule has 9 heteroatoms. The Morgan fingerprint density at radius 3 is 2.14 bits per heavy atom. The first kappa shape index (κ1) is 21.4. The number of amides is 1. The average Bonchev–Trinajstić information content (AvgIpc) is 2.66. The Balaban J connectivity index is 2.16. The summed E-state index contributed by atoms with van der Waals surface area (Å²) in [4.78, 5) is 24.7. The van der Waals surface area contributed by atoms with Crippen molar-refractivity contribution < 1.29 is 22.3 Å². The van der Waals surface area contributed by atoms with Crippen molar-refractivity contribution in [1.82, 2.24) is 4.90 Å². The van der Waals surface area contributed by atoms with Crippen molar-refractivity contribution in [1.29, 1.82) is 0 Å². The van der Waals surface area contributed by atoms with Gasteiger partial charge in [-0.25, -0.2) is 0 Å². The van der Waals surface area contributed by atoms with Crippen molar-refractivity contribution >= 4 is 21.7 Å². The average molecular weight is 406 g/mol. The molecule has 2 aromatic carbocycles. The van der Waals surface area contributed by atoms with Crippen LogP contribution in [0.15, 0.2) is 48.5 Å². The van der Waals surface area contributed by atoms with Gasteiger partial charge in [-0.05, 0) is 50.6 Å². The van der Waals surface area contributed by atoms with Gasteiger partial charge in [-0.3, -0.25) is 14.9 Å². The van der Waals surface area contributed by atoms with Gasteiger partial charge in [-0.2, -0.15) is 8.42 Å². The predicted molar refractivity (Wildman–Crippen MR) is 105 cm³/mol. The van der Waals surface area contributed by atoms with E-state index in [0.717, 1.165) is 5.56 Å². The molecule has 0 spiro atoms.